The number of nitrogens with one attached hydrogen (secondary N) is 1. The number of nitrogens with zero attached hydrogens (tertiary/aromatic N) is 1. The molecular weight excluding hydrogens is 400 g/mol. The van der Waals surface area contributed by atoms with E-state index in [0.717, 1.165) is 36.2 Å². The summed E-state index contributed by atoms with van der Waals surface area (Å²) in [6.07, 6.45) is 1.88. The van der Waals surface area contributed by atoms with Crippen molar-refractivity contribution < 1.29 is 9.18 Å². The zero-order valence-corrected chi connectivity index (χ0v) is 17.8. The first-order valence-electron chi connectivity index (χ1n) is 9.04. The highest BCUT2D eigenvalue weighted by molar-refractivity contribution is 5.87. The minimum absolute atomic E-state index is 0. The van der Waals surface area contributed by atoms with Crippen molar-refractivity contribution in [2.45, 2.75) is 38.3 Å². The first kappa shape index (κ1) is 24.2. The molecule has 28 heavy (non-hydrogen) atoms. The maximum Gasteiger partial charge on any atom is 0.244 e. The van der Waals surface area contributed by atoms with Crippen molar-refractivity contribution in [3.05, 3.63) is 65.5 Å². The topological polar surface area (TPSA) is 58.4 Å². The minimum Gasteiger partial charge on any atom is -0.369 e. The largest absolute Gasteiger partial charge is 0.369 e. The molecule has 0 saturated carbocycles. The Labute approximate surface area is 178 Å². The third-order valence-corrected chi connectivity index (χ3v) is 5.10. The number of hydrogen-bond donors (Lipinski definition) is 2. The molecule has 4 nitrogen and oxygen atoms in total. The van der Waals surface area contributed by atoms with Crippen LogP contribution in [-0.2, 0) is 10.3 Å². The Bertz CT molecular complexity index is 786. The van der Waals surface area contributed by atoms with Gasteiger partial charge in [-0.3, -0.25) is 4.79 Å². The van der Waals surface area contributed by atoms with E-state index in [1.54, 1.807) is 13.0 Å². The maximum absolute atomic E-state index is 13.4. The molecule has 1 saturated heterocycles. The third kappa shape index (κ3) is 5.37. The molecule has 0 aliphatic carbocycles. The average molecular weight is 428 g/mol. The van der Waals surface area contributed by atoms with E-state index in [2.05, 4.69) is 10.2 Å². The molecule has 2 atom stereocenters. The van der Waals surface area contributed by atoms with E-state index in [4.69, 9.17) is 5.73 Å². The molecule has 1 fully saturated rings. The van der Waals surface area contributed by atoms with E-state index < -0.39 is 5.54 Å². The first-order valence-corrected chi connectivity index (χ1v) is 9.04. The zero-order chi connectivity index (χ0) is 18.7. The van der Waals surface area contributed by atoms with Gasteiger partial charge in [-0.1, -0.05) is 30.3 Å². The van der Waals surface area contributed by atoms with Gasteiger partial charge in [-0.15, -0.1) is 24.8 Å². The van der Waals surface area contributed by atoms with Gasteiger partial charge in [0.25, 0.3) is 0 Å². The summed E-state index contributed by atoms with van der Waals surface area (Å²) in [6.45, 7) is 5.25. The Hall–Kier alpha value is -1.82. The number of piperidine rings is 1. The Kier molecular flexibility index (Phi) is 8.74. The number of carbonyl (C=O) groups is 1. The molecule has 1 heterocycles. The van der Waals surface area contributed by atoms with Crippen LogP contribution in [0.25, 0.3) is 0 Å². The predicted molar refractivity (Wildman–Crippen MR) is 117 cm³/mol. The fraction of sp³-hybridized carbons (Fsp3) is 0.381. The summed E-state index contributed by atoms with van der Waals surface area (Å²) in [7, 11) is 0. The summed E-state index contributed by atoms with van der Waals surface area (Å²) in [4.78, 5) is 15.0. The molecule has 2 unspecified atom stereocenters. The summed E-state index contributed by atoms with van der Waals surface area (Å²) >= 11 is 0. The lowest BCUT2D eigenvalue weighted by atomic mass is 9.91. The van der Waals surface area contributed by atoms with Crippen LogP contribution in [0.15, 0.2) is 48.5 Å². The Morgan fingerprint density at radius 3 is 2.54 bits per heavy atom. The number of carbonyl (C=O) groups excluding carboxylic acids is 1. The first-order chi connectivity index (χ1) is 12.4. The van der Waals surface area contributed by atoms with Crippen LogP contribution in [-0.4, -0.2) is 25.0 Å². The fourth-order valence-electron chi connectivity index (χ4n) is 3.54. The molecule has 3 N–H and O–H groups in total. The van der Waals surface area contributed by atoms with Gasteiger partial charge in [0.1, 0.15) is 11.4 Å². The molecule has 1 aliphatic heterocycles. The van der Waals surface area contributed by atoms with Crippen LogP contribution in [0.1, 0.15) is 30.9 Å². The summed E-state index contributed by atoms with van der Waals surface area (Å²) < 4.78 is 13.4. The highest BCUT2D eigenvalue weighted by atomic mass is 35.5. The molecule has 7 heteroatoms. The van der Waals surface area contributed by atoms with Crippen molar-refractivity contribution in [1.82, 2.24) is 5.32 Å². The van der Waals surface area contributed by atoms with E-state index in [1.165, 1.54) is 6.07 Å². The number of benzene rings is 2. The number of halogens is 3. The number of nitrogens with two attached hydrogens (primary N) is 1. The second kappa shape index (κ2) is 10.1. The summed E-state index contributed by atoms with van der Waals surface area (Å²) in [5.41, 5.74) is 7.96. The number of hydrogen-bond acceptors (Lipinski definition) is 3. The molecule has 3 rings (SSSR count). The molecular formula is C21H28Cl2FN3O. The van der Waals surface area contributed by atoms with E-state index in [1.807, 2.05) is 43.3 Å². The van der Waals surface area contributed by atoms with Crippen molar-refractivity contribution >= 4 is 36.4 Å². The van der Waals surface area contributed by atoms with Crippen LogP contribution in [0.2, 0.25) is 0 Å². The van der Waals surface area contributed by atoms with Crippen LogP contribution in [0, 0.1) is 12.7 Å². The van der Waals surface area contributed by atoms with Crippen LogP contribution >= 0.6 is 24.8 Å². The van der Waals surface area contributed by atoms with E-state index in [-0.39, 0.29) is 42.6 Å². The van der Waals surface area contributed by atoms with Crippen molar-refractivity contribution in [2.24, 2.45) is 5.73 Å². The van der Waals surface area contributed by atoms with E-state index in [9.17, 15) is 9.18 Å². The molecule has 154 valence electrons. The Morgan fingerprint density at radius 1 is 1.21 bits per heavy atom. The summed E-state index contributed by atoms with van der Waals surface area (Å²) in [6, 6.07) is 14.3. The molecule has 2 aromatic rings. The Morgan fingerprint density at radius 2 is 1.89 bits per heavy atom. The van der Waals surface area contributed by atoms with Crippen LogP contribution in [0.4, 0.5) is 10.1 Å². The average Bonchev–Trinajstić information content (AvgIpc) is 2.62. The zero-order valence-electron chi connectivity index (χ0n) is 16.2. The molecule has 0 radical (unpaired) electrons. The summed E-state index contributed by atoms with van der Waals surface area (Å²) in [5, 5.41) is 3.11. The Balaban J connectivity index is 0.00000196. The number of amides is 1. The maximum atomic E-state index is 13.4. The SMILES string of the molecule is Cc1cc(F)ccc1N1CCCC(NC(=O)C(C)(N)c2ccccc2)C1.Cl.Cl. The van der Waals surface area contributed by atoms with Gasteiger partial charge in [0.15, 0.2) is 0 Å². The number of aryl methyl sites for hydroxylation is 1. The van der Waals surface area contributed by atoms with Crippen LogP contribution in [0.5, 0.6) is 0 Å². The molecule has 0 spiro atoms. The lowest BCUT2D eigenvalue weighted by Gasteiger charge is -2.37. The second-order valence-electron chi connectivity index (χ2n) is 7.26. The molecule has 1 amide bonds. The van der Waals surface area contributed by atoms with Gasteiger partial charge in [0.05, 0.1) is 0 Å². The van der Waals surface area contributed by atoms with Gasteiger partial charge in [0.2, 0.25) is 5.91 Å². The number of anilines is 1. The molecule has 0 aromatic heterocycles. The molecule has 0 bridgehead atoms. The monoisotopic (exact) mass is 427 g/mol. The molecule has 1 aliphatic rings. The smallest absolute Gasteiger partial charge is 0.244 e. The normalized spacial score (nSPS) is 18.3. The van der Waals surface area contributed by atoms with Gasteiger partial charge >= 0.3 is 0 Å². The van der Waals surface area contributed by atoms with Gasteiger partial charge < -0.3 is 16.0 Å². The van der Waals surface area contributed by atoms with Gasteiger partial charge in [-0.05, 0) is 56.0 Å². The third-order valence-electron chi connectivity index (χ3n) is 5.10. The van der Waals surface area contributed by atoms with Crippen molar-refractivity contribution in [2.75, 3.05) is 18.0 Å². The van der Waals surface area contributed by atoms with E-state index in [0.29, 0.717) is 6.54 Å². The van der Waals surface area contributed by atoms with Gasteiger partial charge in [-0.2, -0.15) is 0 Å². The van der Waals surface area contributed by atoms with E-state index >= 15 is 0 Å². The standard InChI is InChI=1S/C21H26FN3O.2ClH/c1-15-13-17(22)10-11-19(15)25-12-6-9-18(14-25)24-20(26)21(2,23)16-7-4-3-5-8-16;;/h3-5,7-8,10-11,13,18H,6,9,12,14,23H2,1-2H3,(H,24,26);2*1H. The van der Waals surface area contributed by atoms with Crippen molar-refractivity contribution in [3.8, 4) is 0 Å². The van der Waals surface area contributed by atoms with Crippen LogP contribution in [0.3, 0.4) is 0 Å². The predicted octanol–water partition coefficient (Wildman–Crippen LogP) is 3.94. The quantitative estimate of drug-likeness (QED) is 0.776. The van der Waals surface area contributed by atoms with Gasteiger partial charge in [-0.25, -0.2) is 4.39 Å². The van der Waals surface area contributed by atoms with Crippen LogP contribution < -0.4 is 16.0 Å². The highest BCUT2D eigenvalue weighted by Gasteiger charge is 2.33. The van der Waals surface area contributed by atoms with Gasteiger partial charge in [0, 0.05) is 24.8 Å². The van der Waals surface area contributed by atoms with Crippen molar-refractivity contribution in [1.29, 1.82) is 0 Å². The summed E-state index contributed by atoms with van der Waals surface area (Å²) in [5.74, 6) is -0.402. The second-order valence-corrected chi connectivity index (χ2v) is 7.26. The highest BCUT2D eigenvalue weighted by Crippen LogP contribution is 2.25. The van der Waals surface area contributed by atoms with Crippen molar-refractivity contribution in [3.63, 3.8) is 0 Å². The minimum atomic E-state index is -1.07. The fourth-order valence-corrected chi connectivity index (χ4v) is 3.54. The lowest BCUT2D eigenvalue weighted by Crippen LogP contribution is -2.55. The molecule has 2 aromatic carbocycles. The lowest BCUT2D eigenvalue weighted by molar-refractivity contribution is -0.126. The number of rotatable bonds is 4.